The summed E-state index contributed by atoms with van der Waals surface area (Å²) >= 11 is 0. The van der Waals surface area contributed by atoms with Gasteiger partial charge in [-0.15, -0.1) is 24.0 Å². The molecule has 0 heterocycles. The molecule has 1 aromatic rings. The average Bonchev–Trinajstić information content (AvgIpc) is 3.47. The van der Waals surface area contributed by atoms with E-state index >= 15 is 0 Å². The number of rotatable bonds is 11. The number of sulfonamides is 1. The van der Waals surface area contributed by atoms with Gasteiger partial charge in [-0.25, -0.2) is 17.7 Å². The molecular formula is C19H33IN4O3S. The van der Waals surface area contributed by atoms with Gasteiger partial charge >= 0.3 is 0 Å². The minimum absolute atomic E-state index is 0. The van der Waals surface area contributed by atoms with Crippen molar-refractivity contribution in [2.75, 3.05) is 40.4 Å². The van der Waals surface area contributed by atoms with Crippen molar-refractivity contribution in [3.63, 3.8) is 0 Å². The Morgan fingerprint density at radius 1 is 1.21 bits per heavy atom. The summed E-state index contributed by atoms with van der Waals surface area (Å²) < 4.78 is 31.0. The smallest absolute Gasteiger partial charge is 0.242 e. The van der Waals surface area contributed by atoms with Crippen LogP contribution in [0.15, 0.2) is 34.2 Å². The number of ether oxygens (including phenoxy) is 1. The van der Waals surface area contributed by atoms with Crippen LogP contribution in [0.5, 0.6) is 0 Å². The summed E-state index contributed by atoms with van der Waals surface area (Å²) in [5, 5.41) is 6.52. The van der Waals surface area contributed by atoms with Crippen LogP contribution in [0.3, 0.4) is 0 Å². The minimum atomic E-state index is -3.39. The molecule has 2 N–H and O–H groups in total. The van der Waals surface area contributed by atoms with E-state index < -0.39 is 10.0 Å². The second-order valence-electron chi connectivity index (χ2n) is 6.93. The molecule has 2 rings (SSSR count). The summed E-state index contributed by atoms with van der Waals surface area (Å²) in [7, 11) is -0.341. The first-order valence-electron chi connectivity index (χ1n) is 9.55. The molecule has 7 nitrogen and oxygen atoms in total. The molecule has 1 aromatic carbocycles. The number of aliphatic imine (C=N–C) groups is 1. The molecule has 28 heavy (non-hydrogen) atoms. The zero-order chi connectivity index (χ0) is 19.7. The van der Waals surface area contributed by atoms with Crippen LogP contribution >= 0.6 is 24.0 Å². The summed E-state index contributed by atoms with van der Waals surface area (Å²) in [5.74, 6) is 1.56. The van der Waals surface area contributed by atoms with Crippen molar-refractivity contribution in [2.24, 2.45) is 10.9 Å². The molecule has 0 atom stereocenters. The van der Waals surface area contributed by atoms with E-state index in [1.165, 1.54) is 31.2 Å². The van der Waals surface area contributed by atoms with E-state index in [4.69, 9.17) is 4.74 Å². The Bertz CT molecular complexity index is 704. The highest BCUT2D eigenvalue weighted by Gasteiger charge is 2.20. The average molecular weight is 524 g/mol. The van der Waals surface area contributed by atoms with E-state index in [2.05, 4.69) is 15.6 Å². The number of hydrogen-bond acceptors (Lipinski definition) is 4. The molecule has 9 heteroatoms. The van der Waals surface area contributed by atoms with Gasteiger partial charge in [0.2, 0.25) is 10.0 Å². The summed E-state index contributed by atoms with van der Waals surface area (Å²) in [6.45, 7) is 5.76. The molecular weight excluding hydrogens is 491 g/mol. The van der Waals surface area contributed by atoms with Crippen LogP contribution in [0, 0.1) is 5.92 Å². The van der Waals surface area contributed by atoms with Gasteiger partial charge in [-0.3, -0.25) is 0 Å². The molecule has 0 amide bonds. The molecule has 1 saturated carbocycles. The summed E-state index contributed by atoms with van der Waals surface area (Å²) in [4.78, 5) is 4.85. The number of nitrogens with one attached hydrogen (secondary N) is 2. The van der Waals surface area contributed by atoms with Crippen LogP contribution in [0.2, 0.25) is 0 Å². The van der Waals surface area contributed by atoms with Gasteiger partial charge in [-0.1, -0.05) is 12.1 Å². The third-order valence-corrected chi connectivity index (χ3v) is 6.10. The lowest BCUT2D eigenvalue weighted by molar-refractivity contribution is 0.123. The van der Waals surface area contributed by atoms with E-state index in [-0.39, 0.29) is 28.9 Å². The number of hydrogen-bond donors (Lipinski definition) is 2. The van der Waals surface area contributed by atoms with Crippen LogP contribution in [0.1, 0.15) is 31.7 Å². The third-order valence-electron chi connectivity index (χ3n) is 4.27. The highest BCUT2D eigenvalue weighted by atomic mass is 127. The van der Waals surface area contributed by atoms with Gasteiger partial charge in [0, 0.05) is 40.4 Å². The van der Waals surface area contributed by atoms with Gasteiger partial charge in [0.15, 0.2) is 5.96 Å². The van der Waals surface area contributed by atoms with Crippen LogP contribution < -0.4 is 10.6 Å². The second kappa shape index (κ2) is 12.6. The van der Waals surface area contributed by atoms with Crippen LogP contribution in [0.4, 0.5) is 0 Å². The molecule has 160 valence electrons. The maximum Gasteiger partial charge on any atom is 0.242 e. The highest BCUT2D eigenvalue weighted by Crippen LogP contribution is 2.28. The molecule has 1 aliphatic rings. The first-order chi connectivity index (χ1) is 12.9. The van der Waals surface area contributed by atoms with Crippen LogP contribution in [-0.4, -0.2) is 59.1 Å². The summed E-state index contributed by atoms with van der Waals surface area (Å²) in [6, 6.07) is 6.85. The molecule has 0 radical (unpaired) electrons. The molecule has 0 unspecified atom stereocenters. The SMILES string of the molecule is CCNC(=NCc1ccc(S(=O)(=O)N(C)C)cc1)NCCCOCC1CC1.I. The van der Waals surface area contributed by atoms with E-state index in [0.29, 0.717) is 6.54 Å². The van der Waals surface area contributed by atoms with Crippen molar-refractivity contribution < 1.29 is 13.2 Å². The molecule has 0 aromatic heterocycles. The van der Waals surface area contributed by atoms with Crippen molar-refractivity contribution in [3.8, 4) is 0 Å². The molecule has 1 fully saturated rings. The molecule has 0 bridgehead atoms. The fourth-order valence-corrected chi connectivity index (χ4v) is 3.31. The lowest BCUT2D eigenvalue weighted by Gasteiger charge is -2.12. The topological polar surface area (TPSA) is 83.0 Å². The lowest BCUT2D eigenvalue weighted by atomic mass is 10.2. The standard InChI is InChI=1S/C19H32N4O3S.HI/c1-4-20-19(21-12-5-13-26-15-17-6-7-17)22-14-16-8-10-18(11-9-16)27(24,25)23(2)3;/h8-11,17H,4-7,12-15H2,1-3H3,(H2,20,21,22);1H. The van der Waals surface area contributed by atoms with Crippen LogP contribution in [0.25, 0.3) is 0 Å². The van der Waals surface area contributed by atoms with E-state index in [0.717, 1.165) is 50.2 Å². The number of benzene rings is 1. The highest BCUT2D eigenvalue weighted by molar-refractivity contribution is 14.0. The van der Waals surface area contributed by atoms with Gasteiger partial charge in [0.25, 0.3) is 0 Å². The van der Waals surface area contributed by atoms with Crippen molar-refractivity contribution in [1.29, 1.82) is 0 Å². The van der Waals surface area contributed by atoms with E-state index in [1.807, 2.05) is 6.92 Å². The Morgan fingerprint density at radius 3 is 2.46 bits per heavy atom. The fraction of sp³-hybridized carbons (Fsp3) is 0.632. The van der Waals surface area contributed by atoms with Gasteiger partial charge in [0.05, 0.1) is 11.4 Å². The first-order valence-corrected chi connectivity index (χ1v) is 11.0. The Kier molecular flexibility index (Phi) is 11.3. The maximum atomic E-state index is 12.1. The molecule has 0 spiro atoms. The zero-order valence-electron chi connectivity index (χ0n) is 17.0. The molecule has 0 saturated heterocycles. The maximum absolute atomic E-state index is 12.1. The quantitative estimate of drug-likeness (QED) is 0.201. The van der Waals surface area contributed by atoms with Gasteiger partial charge < -0.3 is 15.4 Å². The van der Waals surface area contributed by atoms with Crippen molar-refractivity contribution in [1.82, 2.24) is 14.9 Å². The third kappa shape index (κ3) is 8.62. The summed E-state index contributed by atoms with van der Waals surface area (Å²) in [5.41, 5.74) is 0.956. The normalized spacial score (nSPS) is 14.6. The van der Waals surface area contributed by atoms with Crippen LogP contribution in [-0.2, 0) is 21.3 Å². The van der Waals surface area contributed by atoms with E-state index in [1.54, 1.807) is 24.3 Å². The van der Waals surface area contributed by atoms with Gasteiger partial charge in [-0.05, 0) is 49.8 Å². The minimum Gasteiger partial charge on any atom is -0.381 e. The molecule has 1 aliphatic carbocycles. The van der Waals surface area contributed by atoms with Crippen molar-refractivity contribution in [2.45, 2.75) is 37.6 Å². The predicted molar refractivity (Wildman–Crippen MR) is 124 cm³/mol. The Balaban J connectivity index is 0.00000392. The monoisotopic (exact) mass is 524 g/mol. The molecule has 0 aliphatic heterocycles. The fourth-order valence-electron chi connectivity index (χ4n) is 2.41. The van der Waals surface area contributed by atoms with Gasteiger partial charge in [0.1, 0.15) is 0 Å². The van der Waals surface area contributed by atoms with Crippen molar-refractivity contribution in [3.05, 3.63) is 29.8 Å². The Hall–Kier alpha value is -0.910. The number of halogens is 1. The Morgan fingerprint density at radius 2 is 1.89 bits per heavy atom. The predicted octanol–water partition coefficient (Wildman–Crippen LogP) is 2.43. The number of guanidine groups is 1. The summed E-state index contributed by atoms with van der Waals surface area (Å²) in [6.07, 6.45) is 3.57. The lowest BCUT2D eigenvalue weighted by Crippen LogP contribution is -2.38. The number of nitrogens with zero attached hydrogens (tertiary/aromatic N) is 2. The van der Waals surface area contributed by atoms with Gasteiger partial charge in [-0.2, -0.15) is 0 Å². The second-order valence-corrected chi connectivity index (χ2v) is 9.08. The van der Waals surface area contributed by atoms with E-state index in [9.17, 15) is 8.42 Å². The van der Waals surface area contributed by atoms with Crippen molar-refractivity contribution >= 4 is 40.0 Å². The first kappa shape index (κ1) is 25.1. The largest absolute Gasteiger partial charge is 0.381 e. The Labute approximate surface area is 186 Å². The zero-order valence-corrected chi connectivity index (χ0v) is 20.1.